The third kappa shape index (κ3) is 3.51. The van der Waals surface area contributed by atoms with Gasteiger partial charge in [0.25, 0.3) is 0 Å². The molecule has 0 fully saturated rings. The molecule has 0 atom stereocenters. The first-order valence-electron chi connectivity index (χ1n) is 5.21. The maximum Gasteiger partial charge on any atom is 0.323 e. The zero-order chi connectivity index (χ0) is 12.1. The summed E-state index contributed by atoms with van der Waals surface area (Å²) >= 11 is 0. The fourth-order valence-electron chi connectivity index (χ4n) is 1.36. The van der Waals surface area contributed by atoms with Crippen LogP contribution in [0.2, 0.25) is 0 Å². The Balaban J connectivity index is 4.70. The summed E-state index contributed by atoms with van der Waals surface area (Å²) in [7, 11) is 0. The van der Waals surface area contributed by atoms with Crippen molar-refractivity contribution in [2.24, 2.45) is 5.73 Å². The molecule has 0 heterocycles. The minimum Gasteiger partial charge on any atom is -0.480 e. The van der Waals surface area contributed by atoms with E-state index in [-0.39, 0.29) is 12.5 Å². The van der Waals surface area contributed by atoms with E-state index in [2.05, 4.69) is 0 Å². The Kier molecular flexibility index (Phi) is 5.28. The van der Waals surface area contributed by atoms with Crippen molar-refractivity contribution in [2.45, 2.75) is 39.2 Å². The number of nitrogens with zero attached hydrogens (tertiary/aromatic N) is 1. The van der Waals surface area contributed by atoms with Gasteiger partial charge in [0.05, 0.1) is 5.54 Å². The summed E-state index contributed by atoms with van der Waals surface area (Å²) in [5.74, 6) is -1.29. The zero-order valence-corrected chi connectivity index (χ0v) is 9.62. The lowest BCUT2D eigenvalue weighted by atomic mass is 9.92. The van der Waals surface area contributed by atoms with Crippen LogP contribution in [-0.2, 0) is 9.59 Å². The van der Waals surface area contributed by atoms with Gasteiger partial charge in [-0.2, -0.15) is 0 Å². The molecule has 0 bridgehead atoms. The third-order valence-electron chi connectivity index (χ3n) is 2.68. The smallest absolute Gasteiger partial charge is 0.323 e. The van der Waals surface area contributed by atoms with E-state index in [0.717, 1.165) is 0 Å². The van der Waals surface area contributed by atoms with Crippen molar-refractivity contribution in [2.75, 3.05) is 13.1 Å². The van der Waals surface area contributed by atoms with Crippen LogP contribution in [0.25, 0.3) is 0 Å². The molecule has 0 rings (SSSR count). The Bertz CT molecular complexity index is 237. The third-order valence-corrected chi connectivity index (χ3v) is 2.68. The van der Waals surface area contributed by atoms with Crippen molar-refractivity contribution in [1.29, 1.82) is 0 Å². The van der Waals surface area contributed by atoms with Crippen LogP contribution in [0.5, 0.6) is 0 Å². The molecule has 0 aliphatic carbocycles. The Hall–Kier alpha value is -1.10. The highest BCUT2D eigenvalue weighted by atomic mass is 16.4. The number of rotatable bonds is 6. The summed E-state index contributed by atoms with van der Waals surface area (Å²) in [6.07, 6.45) is 1.02. The average Bonchev–Trinajstić information content (AvgIpc) is 2.23. The first kappa shape index (κ1) is 13.9. The predicted molar refractivity (Wildman–Crippen MR) is 57.4 cm³/mol. The fraction of sp³-hybridized carbons (Fsp3) is 0.800. The van der Waals surface area contributed by atoms with E-state index in [1.165, 1.54) is 4.90 Å². The van der Waals surface area contributed by atoms with E-state index in [9.17, 15) is 9.59 Å². The summed E-state index contributed by atoms with van der Waals surface area (Å²) in [5.41, 5.74) is 4.98. The van der Waals surface area contributed by atoms with Crippen molar-refractivity contribution in [3.8, 4) is 0 Å². The first-order valence-corrected chi connectivity index (χ1v) is 5.21. The molecular formula is C10H20N2O3. The molecule has 15 heavy (non-hydrogen) atoms. The van der Waals surface area contributed by atoms with E-state index in [4.69, 9.17) is 10.8 Å². The Morgan fingerprint density at radius 3 is 2.00 bits per heavy atom. The minimum absolute atomic E-state index is 0.280. The van der Waals surface area contributed by atoms with E-state index >= 15 is 0 Å². The molecule has 0 saturated carbocycles. The van der Waals surface area contributed by atoms with Gasteiger partial charge in [0, 0.05) is 6.54 Å². The molecule has 0 aromatic rings. The quantitative estimate of drug-likeness (QED) is 0.674. The fourth-order valence-corrected chi connectivity index (χ4v) is 1.36. The average molecular weight is 216 g/mol. The number of likely N-dealkylation sites (N-methyl/N-ethyl adjacent to an activating group) is 1. The summed E-state index contributed by atoms with van der Waals surface area (Å²) in [6.45, 7) is 5.48. The lowest BCUT2D eigenvalue weighted by molar-refractivity contribution is -0.147. The molecule has 0 spiro atoms. The summed E-state index contributed by atoms with van der Waals surface area (Å²) in [5, 5.41) is 8.64. The molecular weight excluding hydrogens is 196 g/mol. The van der Waals surface area contributed by atoms with Gasteiger partial charge < -0.3 is 15.7 Å². The Morgan fingerprint density at radius 1 is 1.27 bits per heavy atom. The van der Waals surface area contributed by atoms with Gasteiger partial charge in [-0.05, 0) is 19.8 Å². The van der Waals surface area contributed by atoms with Gasteiger partial charge in [-0.15, -0.1) is 0 Å². The van der Waals surface area contributed by atoms with Crippen LogP contribution in [0.1, 0.15) is 33.6 Å². The Morgan fingerprint density at radius 2 is 1.73 bits per heavy atom. The lowest BCUT2D eigenvalue weighted by Crippen LogP contribution is -2.55. The molecule has 0 aromatic heterocycles. The number of hydrogen-bond donors (Lipinski definition) is 2. The highest BCUT2D eigenvalue weighted by Gasteiger charge is 2.34. The molecule has 5 nitrogen and oxygen atoms in total. The predicted octanol–water partition coefficient (Wildman–Crippen LogP) is 0.437. The largest absolute Gasteiger partial charge is 0.480 e. The highest BCUT2D eigenvalue weighted by molar-refractivity contribution is 5.88. The van der Waals surface area contributed by atoms with Crippen molar-refractivity contribution < 1.29 is 14.7 Å². The summed E-state index contributed by atoms with van der Waals surface area (Å²) in [6, 6.07) is 0. The van der Waals surface area contributed by atoms with E-state index < -0.39 is 11.5 Å². The molecule has 0 aromatic carbocycles. The van der Waals surface area contributed by atoms with Crippen LogP contribution in [-0.4, -0.2) is 40.5 Å². The molecule has 5 heteroatoms. The van der Waals surface area contributed by atoms with Gasteiger partial charge in [0.15, 0.2) is 0 Å². The van der Waals surface area contributed by atoms with Gasteiger partial charge >= 0.3 is 5.97 Å². The van der Waals surface area contributed by atoms with Gasteiger partial charge in [0.2, 0.25) is 5.91 Å². The molecule has 1 amide bonds. The van der Waals surface area contributed by atoms with E-state index in [0.29, 0.717) is 19.4 Å². The summed E-state index contributed by atoms with van der Waals surface area (Å²) < 4.78 is 0. The standard InChI is InChI=1S/C10H20N2O3/c1-4-10(11,5-2)9(15)12(6-3)7-8(13)14/h4-7,11H2,1-3H3,(H,13,14). The number of carboxylic acid groups (broad SMARTS) is 1. The van der Waals surface area contributed by atoms with Crippen molar-refractivity contribution in [3.63, 3.8) is 0 Å². The van der Waals surface area contributed by atoms with Crippen LogP contribution < -0.4 is 5.73 Å². The molecule has 0 unspecified atom stereocenters. The second-order valence-corrected chi connectivity index (χ2v) is 3.58. The van der Waals surface area contributed by atoms with Crippen molar-refractivity contribution in [1.82, 2.24) is 4.90 Å². The minimum atomic E-state index is -1.01. The van der Waals surface area contributed by atoms with Gasteiger partial charge in [0.1, 0.15) is 6.54 Å². The van der Waals surface area contributed by atoms with Crippen LogP contribution >= 0.6 is 0 Å². The van der Waals surface area contributed by atoms with Gasteiger partial charge in [-0.3, -0.25) is 9.59 Å². The molecule has 0 aliphatic rings. The number of carbonyl (C=O) groups is 2. The van der Waals surface area contributed by atoms with Crippen LogP contribution in [0.3, 0.4) is 0 Å². The lowest BCUT2D eigenvalue weighted by Gasteiger charge is -2.31. The Labute approximate surface area is 90.2 Å². The van der Waals surface area contributed by atoms with Crippen LogP contribution in [0.15, 0.2) is 0 Å². The van der Waals surface area contributed by atoms with Gasteiger partial charge in [-0.1, -0.05) is 13.8 Å². The molecule has 3 N–H and O–H groups in total. The number of amides is 1. The normalized spacial score (nSPS) is 11.2. The highest BCUT2D eigenvalue weighted by Crippen LogP contribution is 2.14. The number of carboxylic acids is 1. The topological polar surface area (TPSA) is 83.6 Å². The molecule has 0 aliphatic heterocycles. The number of hydrogen-bond acceptors (Lipinski definition) is 3. The summed E-state index contributed by atoms with van der Waals surface area (Å²) in [4.78, 5) is 23.7. The second kappa shape index (κ2) is 5.70. The van der Waals surface area contributed by atoms with E-state index in [1.807, 2.05) is 13.8 Å². The number of nitrogens with two attached hydrogens (primary N) is 1. The molecule has 0 saturated heterocycles. The van der Waals surface area contributed by atoms with Crippen LogP contribution in [0, 0.1) is 0 Å². The van der Waals surface area contributed by atoms with Crippen molar-refractivity contribution in [3.05, 3.63) is 0 Å². The van der Waals surface area contributed by atoms with Gasteiger partial charge in [-0.25, -0.2) is 0 Å². The number of aliphatic carboxylic acids is 1. The van der Waals surface area contributed by atoms with Crippen LogP contribution in [0.4, 0.5) is 0 Å². The SMILES string of the molecule is CCN(CC(=O)O)C(=O)C(N)(CC)CC. The first-order chi connectivity index (χ1) is 6.91. The second-order valence-electron chi connectivity index (χ2n) is 3.58. The molecule has 0 radical (unpaired) electrons. The van der Waals surface area contributed by atoms with Crippen molar-refractivity contribution >= 4 is 11.9 Å². The monoisotopic (exact) mass is 216 g/mol. The maximum atomic E-state index is 11.9. The van der Waals surface area contributed by atoms with E-state index in [1.54, 1.807) is 6.92 Å². The maximum absolute atomic E-state index is 11.9. The number of carbonyl (C=O) groups excluding carboxylic acids is 1. The zero-order valence-electron chi connectivity index (χ0n) is 9.62. The molecule has 88 valence electrons.